The molecule has 30 heavy (non-hydrogen) atoms. The van der Waals surface area contributed by atoms with Crippen LogP contribution in [0, 0.1) is 0 Å². The van der Waals surface area contributed by atoms with E-state index in [2.05, 4.69) is 27.6 Å². The van der Waals surface area contributed by atoms with E-state index in [9.17, 15) is 4.79 Å². The number of amides is 1. The zero-order chi connectivity index (χ0) is 21.2. The molecule has 0 saturated heterocycles. The Morgan fingerprint density at radius 3 is 2.53 bits per heavy atom. The van der Waals surface area contributed by atoms with Gasteiger partial charge in [0.25, 0.3) is 5.91 Å². The first-order valence-electron chi connectivity index (χ1n) is 9.95. The summed E-state index contributed by atoms with van der Waals surface area (Å²) in [5.74, 6) is 1.22. The van der Waals surface area contributed by atoms with Crippen LogP contribution in [0.4, 0.5) is 0 Å². The Morgan fingerprint density at radius 1 is 1.10 bits per heavy atom. The van der Waals surface area contributed by atoms with Gasteiger partial charge in [0.15, 0.2) is 0 Å². The van der Waals surface area contributed by atoms with Crippen LogP contribution in [0.25, 0.3) is 11.3 Å². The summed E-state index contributed by atoms with van der Waals surface area (Å²) >= 11 is 0. The fourth-order valence-corrected chi connectivity index (χ4v) is 2.77. The van der Waals surface area contributed by atoms with E-state index >= 15 is 0 Å². The van der Waals surface area contributed by atoms with Crippen LogP contribution in [0.5, 0.6) is 11.5 Å². The fraction of sp³-hybridized carbons (Fsp3) is 0.261. The van der Waals surface area contributed by atoms with Crippen molar-refractivity contribution in [3.63, 3.8) is 0 Å². The molecule has 0 atom stereocenters. The highest BCUT2D eigenvalue weighted by molar-refractivity contribution is 5.94. The molecule has 1 amide bonds. The number of benzene rings is 2. The zero-order valence-electron chi connectivity index (χ0n) is 17.2. The summed E-state index contributed by atoms with van der Waals surface area (Å²) in [6.07, 6.45) is 4.95. The van der Waals surface area contributed by atoms with Gasteiger partial charge < -0.3 is 9.47 Å². The van der Waals surface area contributed by atoms with Crippen molar-refractivity contribution in [3.8, 4) is 22.8 Å². The van der Waals surface area contributed by atoms with E-state index in [0.29, 0.717) is 11.4 Å². The van der Waals surface area contributed by atoms with E-state index in [1.165, 1.54) is 12.8 Å². The molecule has 0 aliphatic carbocycles. The number of carbonyl (C=O) groups is 1. The van der Waals surface area contributed by atoms with Crippen molar-refractivity contribution in [2.75, 3.05) is 13.7 Å². The molecule has 2 aromatic carbocycles. The predicted octanol–water partition coefficient (Wildman–Crippen LogP) is 4.42. The highest BCUT2D eigenvalue weighted by Gasteiger charge is 2.10. The first-order valence-corrected chi connectivity index (χ1v) is 9.95. The Hall–Kier alpha value is -3.61. The number of ether oxygens (including phenoxy) is 2. The van der Waals surface area contributed by atoms with Gasteiger partial charge in [-0.05, 0) is 66.6 Å². The Bertz CT molecular complexity index is 963. The van der Waals surface area contributed by atoms with Crippen LogP contribution >= 0.6 is 0 Å². The topological polar surface area (TPSA) is 88.6 Å². The third kappa shape index (κ3) is 5.94. The minimum absolute atomic E-state index is 0.330. The SMILES string of the molecule is CCCCCOc1ccc(-c2cc(C(=O)N/N=C\c3ccc(OC)cc3)[nH]n2)cc1. The molecule has 2 N–H and O–H groups in total. The number of nitrogens with one attached hydrogen (secondary N) is 2. The van der Waals surface area contributed by atoms with Gasteiger partial charge in [0.1, 0.15) is 17.2 Å². The summed E-state index contributed by atoms with van der Waals surface area (Å²) in [5.41, 5.74) is 5.24. The summed E-state index contributed by atoms with van der Waals surface area (Å²) in [7, 11) is 1.61. The smallest absolute Gasteiger partial charge is 0.289 e. The number of aromatic nitrogens is 2. The molecule has 0 aliphatic heterocycles. The summed E-state index contributed by atoms with van der Waals surface area (Å²) in [5, 5.41) is 10.9. The average molecular weight is 406 g/mol. The third-order valence-corrected chi connectivity index (χ3v) is 4.48. The van der Waals surface area contributed by atoms with Gasteiger partial charge in [-0.15, -0.1) is 0 Å². The molecule has 0 spiro atoms. The van der Waals surface area contributed by atoms with Crippen LogP contribution in [0.15, 0.2) is 59.7 Å². The molecular weight excluding hydrogens is 380 g/mol. The molecule has 0 aliphatic rings. The van der Waals surface area contributed by atoms with Crippen molar-refractivity contribution in [2.24, 2.45) is 5.10 Å². The molecule has 0 unspecified atom stereocenters. The van der Waals surface area contributed by atoms with Gasteiger partial charge >= 0.3 is 0 Å². The first-order chi connectivity index (χ1) is 14.7. The van der Waals surface area contributed by atoms with E-state index in [4.69, 9.17) is 9.47 Å². The van der Waals surface area contributed by atoms with E-state index in [0.717, 1.165) is 35.7 Å². The molecule has 0 bridgehead atoms. The second-order valence-electron chi connectivity index (χ2n) is 6.72. The molecule has 3 rings (SSSR count). The van der Waals surface area contributed by atoms with Gasteiger partial charge in [0.05, 0.1) is 25.6 Å². The van der Waals surface area contributed by atoms with Gasteiger partial charge in [0.2, 0.25) is 0 Å². The summed E-state index contributed by atoms with van der Waals surface area (Å²) < 4.78 is 10.8. The number of hydrazone groups is 1. The Balaban J connectivity index is 1.54. The summed E-state index contributed by atoms with van der Waals surface area (Å²) in [4.78, 5) is 12.3. The van der Waals surface area contributed by atoms with Crippen molar-refractivity contribution in [3.05, 3.63) is 65.9 Å². The molecule has 156 valence electrons. The van der Waals surface area contributed by atoms with Crippen molar-refractivity contribution in [2.45, 2.75) is 26.2 Å². The number of carbonyl (C=O) groups excluding carboxylic acids is 1. The van der Waals surface area contributed by atoms with Crippen molar-refractivity contribution >= 4 is 12.1 Å². The average Bonchev–Trinajstić information content (AvgIpc) is 3.28. The standard InChI is InChI=1S/C23H26N4O3/c1-3-4-5-14-30-20-12-8-18(9-13-20)21-15-22(26-25-21)23(28)27-24-16-17-6-10-19(29-2)11-7-17/h6-13,15-16H,3-5,14H2,1-2H3,(H,25,26)(H,27,28)/b24-16-. The number of unbranched alkanes of at least 4 members (excludes halogenated alkanes) is 2. The maximum Gasteiger partial charge on any atom is 0.289 e. The van der Waals surface area contributed by atoms with E-state index in [1.807, 2.05) is 48.5 Å². The largest absolute Gasteiger partial charge is 0.497 e. The molecule has 1 heterocycles. The van der Waals surface area contributed by atoms with Crippen LogP contribution in [0.3, 0.4) is 0 Å². The van der Waals surface area contributed by atoms with E-state index in [-0.39, 0.29) is 5.91 Å². The van der Waals surface area contributed by atoms with E-state index in [1.54, 1.807) is 19.4 Å². The molecule has 1 aromatic heterocycles. The summed E-state index contributed by atoms with van der Waals surface area (Å²) in [6.45, 7) is 2.89. The summed E-state index contributed by atoms with van der Waals surface area (Å²) in [6, 6.07) is 16.7. The monoisotopic (exact) mass is 406 g/mol. The second-order valence-corrected chi connectivity index (χ2v) is 6.72. The number of hydrogen-bond acceptors (Lipinski definition) is 5. The van der Waals surface area contributed by atoms with Gasteiger partial charge in [-0.3, -0.25) is 9.89 Å². The van der Waals surface area contributed by atoms with E-state index < -0.39 is 0 Å². The number of hydrogen-bond donors (Lipinski definition) is 2. The van der Waals surface area contributed by atoms with Gasteiger partial charge in [0, 0.05) is 5.56 Å². The van der Waals surface area contributed by atoms with Crippen molar-refractivity contribution in [1.82, 2.24) is 15.6 Å². The minimum atomic E-state index is -0.366. The highest BCUT2D eigenvalue weighted by atomic mass is 16.5. The van der Waals surface area contributed by atoms with Crippen molar-refractivity contribution in [1.29, 1.82) is 0 Å². The molecule has 0 saturated carbocycles. The first kappa shape index (κ1) is 21.1. The fourth-order valence-electron chi connectivity index (χ4n) is 2.77. The van der Waals surface area contributed by atoms with Crippen LogP contribution in [-0.2, 0) is 0 Å². The lowest BCUT2D eigenvalue weighted by Crippen LogP contribution is -2.17. The van der Waals surface area contributed by atoms with Crippen LogP contribution in [0.1, 0.15) is 42.2 Å². The highest BCUT2D eigenvalue weighted by Crippen LogP contribution is 2.21. The van der Waals surface area contributed by atoms with Crippen LogP contribution < -0.4 is 14.9 Å². The Labute approximate surface area is 176 Å². The molecule has 7 nitrogen and oxygen atoms in total. The van der Waals surface area contributed by atoms with Crippen LogP contribution in [-0.4, -0.2) is 36.0 Å². The lowest BCUT2D eigenvalue weighted by molar-refractivity contribution is 0.0950. The predicted molar refractivity (Wildman–Crippen MR) is 117 cm³/mol. The number of aromatic amines is 1. The molecule has 7 heteroatoms. The lowest BCUT2D eigenvalue weighted by Gasteiger charge is -2.06. The Kier molecular flexibility index (Phi) is 7.60. The minimum Gasteiger partial charge on any atom is -0.497 e. The number of rotatable bonds is 10. The normalized spacial score (nSPS) is 10.9. The third-order valence-electron chi connectivity index (χ3n) is 4.48. The number of H-pyrrole nitrogens is 1. The molecular formula is C23H26N4O3. The number of nitrogens with zero attached hydrogens (tertiary/aromatic N) is 2. The zero-order valence-corrected chi connectivity index (χ0v) is 17.2. The van der Waals surface area contributed by atoms with Gasteiger partial charge in [-0.2, -0.15) is 10.2 Å². The quantitative estimate of drug-likeness (QED) is 0.296. The van der Waals surface area contributed by atoms with Crippen molar-refractivity contribution < 1.29 is 14.3 Å². The maximum absolute atomic E-state index is 12.3. The van der Waals surface area contributed by atoms with Crippen LogP contribution in [0.2, 0.25) is 0 Å². The molecule has 3 aromatic rings. The van der Waals surface area contributed by atoms with Gasteiger partial charge in [-0.25, -0.2) is 5.43 Å². The lowest BCUT2D eigenvalue weighted by atomic mass is 10.1. The number of methoxy groups -OCH3 is 1. The Morgan fingerprint density at radius 2 is 1.83 bits per heavy atom. The molecule has 0 radical (unpaired) electrons. The van der Waals surface area contributed by atoms with Gasteiger partial charge in [-0.1, -0.05) is 19.8 Å². The maximum atomic E-state index is 12.3. The molecule has 0 fully saturated rings. The second kappa shape index (κ2) is 10.8.